The molecule has 4 nitrogen and oxygen atoms in total. The van der Waals surface area contributed by atoms with Gasteiger partial charge in [0, 0.05) is 11.1 Å². The van der Waals surface area contributed by atoms with E-state index in [1.807, 2.05) is 0 Å². The Bertz CT molecular complexity index is 535. The van der Waals surface area contributed by atoms with Crippen molar-refractivity contribution in [3.8, 4) is 0 Å². The van der Waals surface area contributed by atoms with E-state index in [0.717, 1.165) is 18.9 Å². The third-order valence-corrected chi connectivity index (χ3v) is 3.81. The first-order chi connectivity index (χ1) is 9.49. The van der Waals surface area contributed by atoms with E-state index in [9.17, 15) is 14.0 Å². The number of carbonyl (C=O) groups excluding carboxylic acids is 1. The Morgan fingerprint density at radius 2 is 2.00 bits per heavy atom. The molecule has 1 aromatic carbocycles. The molecule has 0 bridgehead atoms. The molecule has 0 radical (unpaired) electrons. The predicted octanol–water partition coefficient (Wildman–Crippen LogP) is 2.85. The fourth-order valence-electron chi connectivity index (χ4n) is 2.52. The molecule has 1 aliphatic rings. The van der Waals surface area contributed by atoms with Gasteiger partial charge in [-0.05, 0) is 31.0 Å². The molecule has 0 aromatic heterocycles. The largest absolute Gasteiger partial charge is 0.481 e. The maximum Gasteiger partial charge on any atom is 0.308 e. The zero-order valence-corrected chi connectivity index (χ0v) is 11.5. The zero-order chi connectivity index (χ0) is 14.7. The molecule has 108 valence electrons. The highest BCUT2D eigenvalue weighted by molar-refractivity contribution is 6.30. The van der Waals surface area contributed by atoms with Gasteiger partial charge in [0.15, 0.2) is 0 Å². The van der Waals surface area contributed by atoms with Crippen molar-refractivity contribution >= 4 is 23.5 Å². The van der Waals surface area contributed by atoms with Gasteiger partial charge in [0.25, 0.3) is 5.91 Å². The zero-order valence-electron chi connectivity index (χ0n) is 10.7. The van der Waals surface area contributed by atoms with Crippen molar-refractivity contribution in [1.29, 1.82) is 0 Å². The highest BCUT2D eigenvalue weighted by Gasteiger charge is 2.32. The number of benzene rings is 1. The van der Waals surface area contributed by atoms with E-state index in [1.54, 1.807) is 0 Å². The molecule has 0 saturated heterocycles. The maximum absolute atomic E-state index is 13.6. The van der Waals surface area contributed by atoms with Crippen molar-refractivity contribution in [3.63, 3.8) is 0 Å². The molecule has 20 heavy (non-hydrogen) atoms. The van der Waals surface area contributed by atoms with Crippen molar-refractivity contribution in [1.82, 2.24) is 5.32 Å². The second-order valence-corrected chi connectivity index (χ2v) is 5.37. The number of nitrogens with one attached hydrogen (secondary N) is 1. The maximum atomic E-state index is 13.6. The minimum Gasteiger partial charge on any atom is -0.481 e. The number of amides is 1. The van der Waals surface area contributed by atoms with Crippen LogP contribution in [0.3, 0.4) is 0 Å². The lowest BCUT2D eigenvalue weighted by molar-refractivity contribution is -0.143. The van der Waals surface area contributed by atoms with Crippen LogP contribution in [-0.4, -0.2) is 23.0 Å². The monoisotopic (exact) mass is 299 g/mol. The van der Waals surface area contributed by atoms with E-state index in [2.05, 4.69) is 5.32 Å². The third-order valence-electron chi connectivity index (χ3n) is 3.58. The normalized spacial score (nSPS) is 22.3. The third kappa shape index (κ3) is 3.28. The first kappa shape index (κ1) is 14.8. The van der Waals surface area contributed by atoms with Gasteiger partial charge in [-0.1, -0.05) is 24.4 Å². The average Bonchev–Trinajstić information content (AvgIpc) is 2.38. The Morgan fingerprint density at radius 1 is 1.30 bits per heavy atom. The van der Waals surface area contributed by atoms with Gasteiger partial charge in [-0.15, -0.1) is 0 Å². The number of carboxylic acid groups (broad SMARTS) is 1. The van der Waals surface area contributed by atoms with E-state index < -0.39 is 29.7 Å². The number of aliphatic carboxylic acids is 1. The fourth-order valence-corrected chi connectivity index (χ4v) is 2.68. The lowest BCUT2D eigenvalue weighted by atomic mass is 9.84. The lowest BCUT2D eigenvalue weighted by Crippen LogP contribution is -2.45. The van der Waals surface area contributed by atoms with Crippen LogP contribution in [0.1, 0.15) is 36.0 Å². The number of carbonyl (C=O) groups is 2. The highest BCUT2D eigenvalue weighted by atomic mass is 35.5. The molecular formula is C14H15ClFNO3. The summed E-state index contributed by atoms with van der Waals surface area (Å²) in [6.07, 6.45) is 2.82. The Labute approximate surface area is 120 Å². The van der Waals surface area contributed by atoms with Gasteiger partial charge in [0.1, 0.15) is 5.82 Å². The van der Waals surface area contributed by atoms with Crippen LogP contribution in [0, 0.1) is 11.7 Å². The molecule has 1 fully saturated rings. The van der Waals surface area contributed by atoms with Crippen molar-refractivity contribution < 1.29 is 19.1 Å². The summed E-state index contributed by atoms with van der Waals surface area (Å²) in [6, 6.07) is 3.33. The predicted molar refractivity (Wildman–Crippen MR) is 72.3 cm³/mol. The van der Waals surface area contributed by atoms with Gasteiger partial charge in [-0.2, -0.15) is 0 Å². The standard InChI is InChI=1S/C14H15ClFNO3/c15-8-5-6-9(11(16)7-8)13(18)17-12-4-2-1-3-10(12)14(19)20/h5-7,10,12H,1-4H2,(H,17,18)(H,19,20). The van der Waals surface area contributed by atoms with Crippen LogP contribution in [0.25, 0.3) is 0 Å². The molecule has 0 spiro atoms. The summed E-state index contributed by atoms with van der Waals surface area (Å²) >= 11 is 5.63. The van der Waals surface area contributed by atoms with E-state index in [4.69, 9.17) is 16.7 Å². The number of hydrogen-bond donors (Lipinski definition) is 2. The topological polar surface area (TPSA) is 66.4 Å². The molecule has 2 N–H and O–H groups in total. The molecular weight excluding hydrogens is 285 g/mol. The van der Waals surface area contributed by atoms with Crippen LogP contribution in [0.4, 0.5) is 4.39 Å². The molecule has 1 saturated carbocycles. The van der Waals surface area contributed by atoms with Crippen molar-refractivity contribution in [2.75, 3.05) is 0 Å². The molecule has 6 heteroatoms. The summed E-state index contributed by atoms with van der Waals surface area (Å²) in [5, 5.41) is 12.0. The second-order valence-electron chi connectivity index (χ2n) is 4.93. The van der Waals surface area contributed by atoms with Crippen molar-refractivity contribution in [3.05, 3.63) is 34.6 Å². The van der Waals surface area contributed by atoms with Crippen LogP contribution in [0.5, 0.6) is 0 Å². The molecule has 1 aliphatic carbocycles. The van der Waals surface area contributed by atoms with Gasteiger partial charge in [-0.25, -0.2) is 4.39 Å². The van der Waals surface area contributed by atoms with E-state index in [1.165, 1.54) is 12.1 Å². The summed E-state index contributed by atoms with van der Waals surface area (Å²) in [5.41, 5.74) is -0.121. The smallest absolute Gasteiger partial charge is 0.308 e. The Kier molecular flexibility index (Phi) is 4.60. The molecule has 2 unspecified atom stereocenters. The summed E-state index contributed by atoms with van der Waals surface area (Å²) in [4.78, 5) is 23.2. The molecule has 0 aliphatic heterocycles. The van der Waals surface area contributed by atoms with Crippen LogP contribution < -0.4 is 5.32 Å². The first-order valence-electron chi connectivity index (χ1n) is 6.48. The van der Waals surface area contributed by atoms with Gasteiger partial charge in [0.2, 0.25) is 0 Å². The Balaban J connectivity index is 2.11. The quantitative estimate of drug-likeness (QED) is 0.902. The number of carboxylic acids is 1. The minimum absolute atomic E-state index is 0.121. The van der Waals surface area contributed by atoms with Gasteiger partial charge >= 0.3 is 5.97 Å². The summed E-state index contributed by atoms with van der Waals surface area (Å²) < 4.78 is 13.6. The highest BCUT2D eigenvalue weighted by Crippen LogP contribution is 2.25. The average molecular weight is 300 g/mol. The van der Waals surface area contributed by atoms with E-state index in [-0.39, 0.29) is 10.6 Å². The van der Waals surface area contributed by atoms with Crippen LogP contribution >= 0.6 is 11.6 Å². The Hall–Kier alpha value is -1.62. The number of hydrogen-bond acceptors (Lipinski definition) is 2. The molecule has 2 atom stereocenters. The van der Waals surface area contributed by atoms with Gasteiger partial charge < -0.3 is 10.4 Å². The van der Waals surface area contributed by atoms with Crippen LogP contribution in [0.2, 0.25) is 5.02 Å². The lowest BCUT2D eigenvalue weighted by Gasteiger charge is -2.29. The number of halogens is 2. The van der Waals surface area contributed by atoms with E-state index in [0.29, 0.717) is 12.8 Å². The van der Waals surface area contributed by atoms with Crippen LogP contribution in [0.15, 0.2) is 18.2 Å². The summed E-state index contributed by atoms with van der Waals surface area (Å²) in [7, 11) is 0. The minimum atomic E-state index is -0.924. The molecule has 0 heterocycles. The van der Waals surface area contributed by atoms with Crippen LogP contribution in [-0.2, 0) is 4.79 Å². The van der Waals surface area contributed by atoms with Crippen molar-refractivity contribution in [2.24, 2.45) is 5.92 Å². The summed E-state index contributed by atoms with van der Waals surface area (Å²) in [6.45, 7) is 0. The molecule has 1 amide bonds. The van der Waals surface area contributed by atoms with Gasteiger partial charge in [0.05, 0.1) is 11.5 Å². The molecule has 1 aromatic rings. The molecule has 2 rings (SSSR count). The summed E-state index contributed by atoms with van der Waals surface area (Å²) in [5.74, 6) is -2.84. The number of rotatable bonds is 3. The second kappa shape index (κ2) is 6.22. The SMILES string of the molecule is O=C(NC1CCCCC1C(=O)O)c1ccc(Cl)cc1F. The Morgan fingerprint density at radius 3 is 2.65 bits per heavy atom. The fraction of sp³-hybridized carbons (Fsp3) is 0.429. The van der Waals surface area contributed by atoms with Crippen molar-refractivity contribution in [2.45, 2.75) is 31.7 Å². The first-order valence-corrected chi connectivity index (χ1v) is 6.85. The van der Waals surface area contributed by atoms with E-state index >= 15 is 0 Å². The van der Waals surface area contributed by atoms with Gasteiger partial charge in [-0.3, -0.25) is 9.59 Å².